The number of hydrogen-bond acceptors (Lipinski definition) is 4. The molecule has 0 N–H and O–H groups in total. The number of benzene rings is 1. The first-order valence-corrected chi connectivity index (χ1v) is 10.6. The van der Waals surface area contributed by atoms with Crippen LogP contribution in [0.3, 0.4) is 0 Å². The first-order valence-electron chi connectivity index (χ1n) is 9.44. The van der Waals surface area contributed by atoms with Gasteiger partial charge in [0.05, 0.1) is 0 Å². The average molecular weight is 411 g/mol. The molecule has 0 bridgehead atoms. The molecule has 3 aromatic rings. The Balaban J connectivity index is 1.71. The molecule has 0 radical (unpaired) electrons. The van der Waals surface area contributed by atoms with Gasteiger partial charge >= 0.3 is 0 Å². The third kappa shape index (κ3) is 5.60. The summed E-state index contributed by atoms with van der Waals surface area (Å²) in [6, 6.07) is 9.71. The molecule has 3 rings (SSSR count). The van der Waals surface area contributed by atoms with Crippen LogP contribution in [0.5, 0.6) is 0 Å². The Morgan fingerprint density at radius 1 is 1.07 bits per heavy atom. The monoisotopic (exact) mass is 410 g/mol. The topological polar surface area (TPSA) is 43.6 Å². The second-order valence-electron chi connectivity index (χ2n) is 6.50. The van der Waals surface area contributed by atoms with Gasteiger partial charge in [0.25, 0.3) is 0 Å². The quantitative estimate of drug-likeness (QED) is 0.353. The second-order valence-corrected chi connectivity index (χ2v) is 7.97. The lowest BCUT2D eigenvalue weighted by molar-refractivity contribution is 0.679. The molecule has 0 unspecified atom stereocenters. The van der Waals surface area contributed by atoms with Crippen LogP contribution in [0.2, 0.25) is 5.02 Å². The van der Waals surface area contributed by atoms with Gasteiger partial charge in [-0.1, -0.05) is 49.6 Å². The van der Waals surface area contributed by atoms with Gasteiger partial charge in [-0.2, -0.15) is 0 Å². The molecule has 0 atom stereocenters. The highest BCUT2D eigenvalue weighted by molar-refractivity contribution is 7.99. The summed E-state index contributed by atoms with van der Waals surface area (Å²) in [6.45, 7) is 2.22. The molecule has 2 heterocycles. The predicted molar refractivity (Wildman–Crippen MR) is 115 cm³/mol. The van der Waals surface area contributed by atoms with E-state index in [0.29, 0.717) is 0 Å². The van der Waals surface area contributed by atoms with Crippen LogP contribution in [0, 0.1) is 11.8 Å². The largest absolute Gasteiger partial charge is 0.305 e. The molecule has 28 heavy (non-hydrogen) atoms. The van der Waals surface area contributed by atoms with Gasteiger partial charge in [0.15, 0.2) is 11.0 Å². The summed E-state index contributed by atoms with van der Waals surface area (Å²) in [4.78, 5) is 5.39. The molecule has 0 aliphatic rings. The summed E-state index contributed by atoms with van der Waals surface area (Å²) in [5.41, 5.74) is 1.82. The van der Waals surface area contributed by atoms with E-state index in [1.807, 2.05) is 41.9 Å². The summed E-state index contributed by atoms with van der Waals surface area (Å²) in [5.74, 6) is 7.24. The SMILES string of the molecule is CCCCCCC#Cc1cncc(-c2nnc(Sc3ccc(Cl)cc3)n2C)c1. The van der Waals surface area contributed by atoms with Gasteiger partial charge in [-0.3, -0.25) is 4.98 Å². The number of aromatic nitrogens is 4. The Hall–Kier alpha value is -2.29. The Labute approximate surface area is 175 Å². The first-order chi connectivity index (χ1) is 13.7. The van der Waals surface area contributed by atoms with E-state index in [1.54, 1.807) is 24.2 Å². The van der Waals surface area contributed by atoms with Crippen LogP contribution in [0.15, 0.2) is 52.8 Å². The highest BCUT2D eigenvalue weighted by Crippen LogP contribution is 2.29. The molecule has 2 aromatic heterocycles. The minimum Gasteiger partial charge on any atom is -0.305 e. The van der Waals surface area contributed by atoms with Gasteiger partial charge < -0.3 is 4.57 Å². The number of hydrogen-bond donors (Lipinski definition) is 0. The fourth-order valence-corrected chi connectivity index (χ4v) is 3.61. The summed E-state index contributed by atoms with van der Waals surface area (Å²) in [6.07, 6.45) is 9.45. The fourth-order valence-electron chi connectivity index (χ4n) is 2.70. The zero-order chi connectivity index (χ0) is 19.8. The third-order valence-electron chi connectivity index (χ3n) is 4.24. The molecule has 0 saturated carbocycles. The molecule has 0 aliphatic heterocycles. The Morgan fingerprint density at radius 3 is 2.68 bits per heavy atom. The maximum Gasteiger partial charge on any atom is 0.196 e. The Kier molecular flexibility index (Phi) is 7.53. The van der Waals surface area contributed by atoms with Crippen LogP contribution < -0.4 is 0 Å². The van der Waals surface area contributed by atoms with Gasteiger partial charge in [0.1, 0.15) is 0 Å². The Morgan fingerprint density at radius 2 is 1.89 bits per heavy atom. The van der Waals surface area contributed by atoms with E-state index in [1.165, 1.54) is 19.3 Å². The lowest BCUT2D eigenvalue weighted by atomic mass is 10.1. The van der Waals surface area contributed by atoms with Gasteiger partial charge in [0.2, 0.25) is 0 Å². The van der Waals surface area contributed by atoms with Crippen LogP contribution in [-0.4, -0.2) is 19.7 Å². The molecule has 0 spiro atoms. The number of halogens is 1. The van der Waals surface area contributed by atoms with E-state index in [-0.39, 0.29) is 0 Å². The van der Waals surface area contributed by atoms with Crippen molar-refractivity contribution < 1.29 is 0 Å². The number of nitrogens with zero attached hydrogens (tertiary/aromatic N) is 4. The van der Waals surface area contributed by atoms with Crippen LogP contribution in [0.25, 0.3) is 11.4 Å². The highest BCUT2D eigenvalue weighted by Gasteiger charge is 2.12. The van der Waals surface area contributed by atoms with Crippen LogP contribution >= 0.6 is 23.4 Å². The lowest BCUT2D eigenvalue weighted by Crippen LogP contribution is -1.95. The normalized spacial score (nSPS) is 10.5. The zero-order valence-electron chi connectivity index (χ0n) is 16.2. The smallest absolute Gasteiger partial charge is 0.196 e. The molecular formula is C22H23ClN4S. The van der Waals surface area contributed by atoms with Crippen molar-refractivity contribution in [3.63, 3.8) is 0 Å². The first kappa shape index (κ1) is 20.4. The standard InChI is InChI=1S/C22H23ClN4S/c1-3-4-5-6-7-8-9-17-14-18(16-24-15-17)21-25-26-22(27(21)2)28-20-12-10-19(23)11-13-20/h10-16H,3-7H2,1-2H3. The molecule has 1 aromatic carbocycles. The fraction of sp³-hybridized carbons (Fsp3) is 0.318. The molecule has 144 valence electrons. The van der Waals surface area contributed by atoms with Crippen LogP contribution in [0.1, 0.15) is 44.6 Å². The highest BCUT2D eigenvalue weighted by atomic mass is 35.5. The molecule has 0 fully saturated rings. The van der Waals surface area contributed by atoms with Gasteiger partial charge in [0, 0.05) is 46.9 Å². The van der Waals surface area contributed by atoms with Crippen LogP contribution in [0.4, 0.5) is 0 Å². The van der Waals surface area contributed by atoms with Crippen molar-refractivity contribution in [1.29, 1.82) is 0 Å². The summed E-state index contributed by atoms with van der Waals surface area (Å²) in [7, 11) is 1.96. The van der Waals surface area contributed by atoms with E-state index in [0.717, 1.165) is 44.9 Å². The maximum atomic E-state index is 5.95. The summed E-state index contributed by atoms with van der Waals surface area (Å²) in [5, 5.41) is 10.2. The predicted octanol–water partition coefficient (Wildman–Crippen LogP) is 6.00. The van der Waals surface area contributed by atoms with Crippen molar-refractivity contribution >= 4 is 23.4 Å². The molecule has 0 saturated heterocycles. The van der Waals surface area contributed by atoms with E-state index in [9.17, 15) is 0 Å². The minimum atomic E-state index is 0.720. The van der Waals surface area contributed by atoms with Crippen molar-refractivity contribution in [2.45, 2.75) is 49.1 Å². The second kappa shape index (κ2) is 10.3. The molecular weight excluding hydrogens is 388 g/mol. The molecule has 0 aliphatic carbocycles. The van der Waals surface area contributed by atoms with E-state index in [4.69, 9.17) is 11.6 Å². The van der Waals surface area contributed by atoms with Crippen LogP contribution in [-0.2, 0) is 7.05 Å². The molecule has 4 nitrogen and oxygen atoms in total. The Bertz CT molecular complexity index is 970. The van der Waals surface area contributed by atoms with Gasteiger partial charge in [-0.05, 0) is 48.5 Å². The van der Waals surface area contributed by atoms with Crippen molar-refractivity contribution in [2.75, 3.05) is 0 Å². The molecule has 6 heteroatoms. The van der Waals surface area contributed by atoms with Crippen molar-refractivity contribution in [3.8, 4) is 23.2 Å². The zero-order valence-corrected chi connectivity index (χ0v) is 17.7. The third-order valence-corrected chi connectivity index (χ3v) is 5.54. The average Bonchev–Trinajstić information content (AvgIpc) is 3.07. The van der Waals surface area contributed by atoms with E-state index >= 15 is 0 Å². The summed E-state index contributed by atoms with van der Waals surface area (Å²) >= 11 is 7.50. The molecule has 0 amide bonds. The number of rotatable bonds is 7. The summed E-state index contributed by atoms with van der Waals surface area (Å²) < 4.78 is 1.97. The number of pyridine rings is 1. The lowest BCUT2D eigenvalue weighted by Gasteiger charge is -2.04. The van der Waals surface area contributed by atoms with Crippen molar-refractivity contribution in [1.82, 2.24) is 19.7 Å². The van der Waals surface area contributed by atoms with Gasteiger partial charge in [-0.25, -0.2) is 0 Å². The van der Waals surface area contributed by atoms with Crippen molar-refractivity contribution in [3.05, 3.63) is 53.3 Å². The van der Waals surface area contributed by atoms with Crippen molar-refractivity contribution in [2.24, 2.45) is 7.05 Å². The van der Waals surface area contributed by atoms with Gasteiger partial charge in [-0.15, -0.1) is 10.2 Å². The van der Waals surface area contributed by atoms with E-state index < -0.39 is 0 Å². The van der Waals surface area contributed by atoms with E-state index in [2.05, 4.69) is 33.9 Å². The number of unbranched alkanes of at least 4 members (excludes halogenated alkanes) is 4. The maximum absolute atomic E-state index is 5.95. The minimum absolute atomic E-state index is 0.720.